The van der Waals surface area contributed by atoms with Crippen LogP contribution in [0.25, 0.3) is 12.2 Å². The van der Waals surface area contributed by atoms with Gasteiger partial charge in [-0.2, -0.15) is 0 Å². The summed E-state index contributed by atoms with van der Waals surface area (Å²) in [6.07, 6.45) is 3.42. The molecule has 1 aliphatic heterocycles. The fourth-order valence-corrected chi connectivity index (χ4v) is 2.62. The molecule has 2 aromatic rings. The lowest BCUT2D eigenvalue weighted by molar-refractivity contribution is 0.145. The van der Waals surface area contributed by atoms with Crippen molar-refractivity contribution < 1.29 is 9.53 Å². The molecule has 0 radical (unpaired) electrons. The van der Waals surface area contributed by atoms with E-state index in [1.54, 1.807) is 4.90 Å². The fraction of sp³-hybridized carbons (Fsp3) is 0.167. The lowest BCUT2D eigenvalue weighted by Gasteiger charge is -2.12. The van der Waals surface area contributed by atoms with Gasteiger partial charge in [0.05, 0.1) is 6.54 Å². The summed E-state index contributed by atoms with van der Waals surface area (Å²) in [5.41, 5.74) is 8.43. The van der Waals surface area contributed by atoms with E-state index in [-0.39, 0.29) is 12.2 Å². The highest BCUT2D eigenvalue weighted by Crippen LogP contribution is 2.22. The first-order valence-corrected chi connectivity index (χ1v) is 7.75. The highest BCUT2D eigenvalue weighted by Gasteiger charge is 2.31. The summed E-state index contributed by atoms with van der Waals surface area (Å²) in [7, 11) is 0. The molecule has 3 rings (SSSR count). The molecular formula is C18H17ClN2O2. The van der Waals surface area contributed by atoms with Gasteiger partial charge in [-0.25, -0.2) is 4.79 Å². The minimum atomic E-state index is -0.345. The van der Waals surface area contributed by atoms with Crippen molar-refractivity contribution in [3.63, 3.8) is 0 Å². The van der Waals surface area contributed by atoms with Gasteiger partial charge in [0, 0.05) is 17.3 Å². The first-order chi connectivity index (χ1) is 11.2. The topological polar surface area (TPSA) is 55.6 Å². The lowest BCUT2D eigenvalue weighted by atomic mass is 10.1. The number of cyclic esters (lactones) is 1. The monoisotopic (exact) mass is 328 g/mol. The Kier molecular flexibility index (Phi) is 4.65. The van der Waals surface area contributed by atoms with Gasteiger partial charge in [0.2, 0.25) is 0 Å². The lowest BCUT2D eigenvalue weighted by Crippen LogP contribution is -2.27. The van der Waals surface area contributed by atoms with E-state index in [0.29, 0.717) is 18.1 Å². The molecule has 2 N–H and O–H groups in total. The molecule has 1 saturated heterocycles. The smallest absolute Gasteiger partial charge is 0.414 e. The highest BCUT2D eigenvalue weighted by molar-refractivity contribution is 6.30. The van der Waals surface area contributed by atoms with Crippen LogP contribution in [0.5, 0.6) is 0 Å². The Hall–Kier alpha value is -2.30. The molecule has 1 unspecified atom stereocenters. The number of anilines is 1. The third-order valence-electron chi connectivity index (χ3n) is 3.66. The second-order valence-corrected chi connectivity index (χ2v) is 5.77. The number of carbonyl (C=O) groups excluding carboxylic acids is 1. The quantitative estimate of drug-likeness (QED) is 0.869. The van der Waals surface area contributed by atoms with Crippen LogP contribution in [-0.2, 0) is 4.74 Å². The maximum atomic E-state index is 11.8. The molecule has 1 fully saturated rings. The van der Waals surface area contributed by atoms with Crippen molar-refractivity contribution in [3.8, 4) is 0 Å². The van der Waals surface area contributed by atoms with Crippen LogP contribution in [0.2, 0.25) is 5.02 Å². The first-order valence-electron chi connectivity index (χ1n) is 7.37. The Morgan fingerprint density at radius 3 is 2.57 bits per heavy atom. The number of ether oxygens (including phenoxy) is 1. The molecule has 0 bridgehead atoms. The van der Waals surface area contributed by atoms with E-state index in [4.69, 9.17) is 22.1 Å². The zero-order chi connectivity index (χ0) is 16.2. The molecule has 4 nitrogen and oxygen atoms in total. The van der Waals surface area contributed by atoms with Crippen LogP contribution in [-0.4, -0.2) is 25.3 Å². The van der Waals surface area contributed by atoms with E-state index in [2.05, 4.69) is 0 Å². The van der Waals surface area contributed by atoms with Crippen LogP contribution >= 0.6 is 11.6 Å². The number of nitrogens with two attached hydrogens (primary N) is 1. The average molecular weight is 329 g/mol. The SMILES string of the molecule is NCC1CN(c2ccc(/C=C/c3cccc(Cl)c3)cc2)C(=O)O1. The number of amides is 1. The predicted molar refractivity (Wildman–Crippen MR) is 93.5 cm³/mol. The zero-order valence-corrected chi connectivity index (χ0v) is 13.2. The maximum absolute atomic E-state index is 11.8. The number of hydrogen-bond acceptors (Lipinski definition) is 3. The fourth-order valence-electron chi connectivity index (χ4n) is 2.42. The standard InChI is InChI=1S/C18H17ClN2O2/c19-15-3-1-2-14(10-15)5-4-13-6-8-16(9-7-13)21-12-17(11-20)23-18(21)22/h1-10,17H,11-12,20H2/b5-4+. The van der Waals surface area contributed by atoms with Gasteiger partial charge in [-0.15, -0.1) is 0 Å². The normalized spacial score (nSPS) is 17.7. The second-order valence-electron chi connectivity index (χ2n) is 5.33. The van der Waals surface area contributed by atoms with Gasteiger partial charge in [-0.05, 0) is 35.4 Å². The van der Waals surface area contributed by atoms with E-state index in [9.17, 15) is 4.79 Å². The molecule has 0 spiro atoms. The number of halogens is 1. The molecule has 118 valence electrons. The van der Waals surface area contributed by atoms with Crippen molar-refractivity contribution >= 4 is 35.5 Å². The Morgan fingerprint density at radius 2 is 1.91 bits per heavy atom. The number of rotatable bonds is 4. The Labute approximate surface area is 140 Å². The van der Waals surface area contributed by atoms with Gasteiger partial charge >= 0.3 is 6.09 Å². The van der Waals surface area contributed by atoms with Crippen LogP contribution in [0.1, 0.15) is 11.1 Å². The Bertz CT molecular complexity index is 728. The molecule has 0 aliphatic carbocycles. The van der Waals surface area contributed by atoms with Crippen LogP contribution in [0.4, 0.5) is 10.5 Å². The summed E-state index contributed by atoms with van der Waals surface area (Å²) in [4.78, 5) is 13.4. The van der Waals surface area contributed by atoms with Crippen LogP contribution in [0.15, 0.2) is 48.5 Å². The van der Waals surface area contributed by atoms with Crippen LogP contribution in [0.3, 0.4) is 0 Å². The molecule has 23 heavy (non-hydrogen) atoms. The minimum Gasteiger partial charge on any atom is -0.443 e. The van der Waals surface area contributed by atoms with Gasteiger partial charge in [-0.3, -0.25) is 4.90 Å². The van der Waals surface area contributed by atoms with Crippen molar-refractivity contribution in [1.82, 2.24) is 0 Å². The zero-order valence-electron chi connectivity index (χ0n) is 12.5. The molecule has 1 aliphatic rings. The van der Waals surface area contributed by atoms with Crippen molar-refractivity contribution in [1.29, 1.82) is 0 Å². The molecule has 1 heterocycles. The number of hydrogen-bond donors (Lipinski definition) is 1. The van der Waals surface area contributed by atoms with Crippen molar-refractivity contribution in [2.45, 2.75) is 6.10 Å². The molecule has 0 saturated carbocycles. The van der Waals surface area contributed by atoms with E-state index < -0.39 is 0 Å². The summed E-state index contributed by atoms with van der Waals surface area (Å²) in [5, 5.41) is 0.713. The van der Waals surface area contributed by atoms with E-state index >= 15 is 0 Å². The number of benzene rings is 2. The molecule has 1 amide bonds. The maximum Gasteiger partial charge on any atom is 0.414 e. The third-order valence-corrected chi connectivity index (χ3v) is 3.89. The summed E-state index contributed by atoms with van der Waals surface area (Å²) in [6, 6.07) is 15.4. The Balaban J connectivity index is 1.71. The highest BCUT2D eigenvalue weighted by atomic mass is 35.5. The van der Waals surface area contributed by atoms with Gasteiger partial charge in [0.25, 0.3) is 0 Å². The number of carbonyl (C=O) groups is 1. The number of nitrogens with zero attached hydrogens (tertiary/aromatic N) is 1. The largest absolute Gasteiger partial charge is 0.443 e. The molecular weight excluding hydrogens is 312 g/mol. The van der Waals surface area contributed by atoms with Crippen molar-refractivity contribution in [3.05, 3.63) is 64.7 Å². The Morgan fingerprint density at radius 1 is 1.17 bits per heavy atom. The van der Waals surface area contributed by atoms with Gasteiger partial charge in [0.15, 0.2) is 0 Å². The second kappa shape index (κ2) is 6.86. The van der Waals surface area contributed by atoms with E-state index in [1.807, 2.05) is 60.7 Å². The summed E-state index contributed by atoms with van der Waals surface area (Å²) < 4.78 is 5.16. The first kappa shape index (κ1) is 15.6. The molecule has 1 atom stereocenters. The molecule has 5 heteroatoms. The van der Waals surface area contributed by atoms with E-state index in [1.165, 1.54) is 0 Å². The van der Waals surface area contributed by atoms with E-state index in [0.717, 1.165) is 16.8 Å². The minimum absolute atomic E-state index is 0.232. The molecule has 2 aromatic carbocycles. The van der Waals surface area contributed by atoms with Gasteiger partial charge in [-0.1, -0.05) is 48.0 Å². The van der Waals surface area contributed by atoms with Gasteiger partial charge in [0.1, 0.15) is 6.10 Å². The van der Waals surface area contributed by atoms with Crippen molar-refractivity contribution in [2.24, 2.45) is 5.73 Å². The van der Waals surface area contributed by atoms with Crippen LogP contribution < -0.4 is 10.6 Å². The van der Waals surface area contributed by atoms with Crippen molar-refractivity contribution in [2.75, 3.05) is 18.0 Å². The summed E-state index contributed by atoms with van der Waals surface area (Å²) in [5.74, 6) is 0. The molecule has 0 aromatic heterocycles. The van der Waals surface area contributed by atoms with Gasteiger partial charge < -0.3 is 10.5 Å². The van der Waals surface area contributed by atoms with Crippen LogP contribution in [0, 0.1) is 0 Å². The summed E-state index contributed by atoms with van der Waals surface area (Å²) in [6.45, 7) is 0.829. The average Bonchev–Trinajstić information content (AvgIpc) is 2.95. The predicted octanol–water partition coefficient (Wildman–Crippen LogP) is 3.79. The summed E-state index contributed by atoms with van der Waals surface area (Å²) >= 11 is 5.97. The third kappa shape index (κ3) is 3.73.